The van der Waals surface area contributed by atoms with Gasteiger partial charge in [0.15, 0.2) is 0 Å². The standard InChI is InChI=1S/C17H23FN2S/c1-5-19-10-16-15(8-11(2)3)20-17(21-16)13-7-6-12(4)9-14(13)18/h6-7,9,11,19H,5,8,10H2,1-4H3. The van der Waals surface area contributed by atoms with Crippen LogP contribution in [0.4, 0.5) is 4.39 Å². The Morgan fingerprint density at radius 2 is 2.10 bits per heavy atom. The molecule has 21 heavy (non-hydrogen) atoms. The first-order valence-corrected chi connectivity index (χ1v) is 8.28. The zero-order valence-electron chi connectivity index (χ0n) is 13.2. The number of hydrogen-bond acceptors (Lipinski definition) is 3. The number of aryl methyl sites for hydroxylation is 1. The van der Waals surface area contributed by atoms with E-state index in [1.54, 1.807) is 17.4 Å². The molecule has 0 radical (unpaired) electrons. The van der Waals surface area contributed by atoms with E-state index < -0.39 is 0 Å². The molecule has 0 aliphatic rings. The fourth-order valence-corrected chi connectivity index (χ4v) is 3.30. The van der Waals surface area contributed by atoms with Crippen LogP contribution in [-0.2, 0) is 13.0 Å². The molecule has 1 N–H and O–H groups in total. The fourth-order valence-electron chi connectivity index (χ4n) is 2.21. The van der Waals surface area contributed by atoms with E-state index in [-0.39, 0.29) is 5.82 Å². The molecule has 0 fully saturated rings. The Hall–Kier alpha value is -1.26. The van der Waals surface area contributed by atoms with E-state index in [9.17, 15) is 4.39 Å². The van der Waals surface area contributed by atoms with Crippen LogP contribution in [0.15, 0.2) is 18.2 Å². The molecule has 0 amide bonds. The van der Waals surface area contributed by atoms with Gasteiger partial charge < -0.3 is 5.32 Å². The average molecular weight is 306 g/mol. The van der Waals surface area contributed by atoms with E-state index in [0.29, 0.717) is 11.5 Å². The lowest BCUT2D eigenvalue weighted by Gasteiger charge is -2.04. The van der Waals surface area contributed by atoms with E-state index in [4.69, 9.17) is 4.98 Å². The Balaban J connectivity index is 2.37. The number of benzene rings is 1. The third-order valence-electron chi connectivity index (χ3n) is 3.27. The zero-order chi connectivity index (χ0) is 15.4. The van der Waals surface area contributed by atoms with Crippen molar-refractivity contribution < 1.29 is 4.39 Å². The summed E-state index contributed by atoms with van der Waals surface area (Å²) in [5, 5.41) is 4.13. The highest BCUT2D eigenvalue weighted by molar-refractivity contribution is 7.15. The maximum Gasteiger partial charge on any atom is 0.133 e. The van der Waals surface area contributed by atoms with Crippen LogP contribution >= 0.6 is 11.3 Å². The maximum atomic E-state index is 14.1. The minimum absolute atomic E-state index is 0.185. The molecule has 1 aromatic heterocycles. The van der Waals surface area contributed by atoms with Crippen molar-refractivity contribution in [2.24, 2.45) is 5.92 Å². The monoisotopic (exact) mass is 306 g/mol. The molecule has 0 bridgehead atoms. The predicted octanol–water partition coefficient (Wildman–Crippen LogP) is 4.57. The molecule has 1 heterocycles. The minimum atomic E-state index is -0.185. The van der Waals surface area contributed by atoms with Crippen LogP contribution in [0.1, 0.15) is 36.9 Å². The molecule has 2 aromatic rings. The van der Waals surface area contributed by atoms with Gasteiger partial charge in [-0.3, -0.25) is 0 Å². The lowest BCUT2D eigenvalue weighted by Crippen LogP contribution is -2.12. The Labute approximate surface area is 130 Å². The molecule has 4 heteroatoms. The van der Waals surface area contributed by atoms with Crippen LogP contribution < -0.4 is 5.32 Å². The largest absolute Gasteiger partial charge is 0.312 e. The Kier molecular flexibility index (Phi) is 5.48. The summed E-state index contributed by atoms with van der Waals surface area (Å²) in [5.74, 6) is 0.359. The van der Waals surface area contributed by atoms with Crippen LogP contribution in [0.2, 0.25) is 0 Å². The zero-order valence-corrected chi connectivity index (χ0v) is 14.0. The van der Waals surface area contributed by atoms with E-state index in [1.165, 1.54) is 4.88 Å². The van der Waals surface area contributed by atoms with Gasteiger partial charge in [-0.1, -0.05) is 26.8 Å². The molecular formula is C17H23FN2S. The fraction of sp³-hybridized carbons (Fsp3) is 0.471. The SMILES string of the molecule is CCNCc1sc(-c2ccc(C)cc2F)nc1CC(C)C. The van der Waals surface area contributed by atoms with Crippen molar-refractivity contribution in [3.05, 3.63) is 40.2 Å². The van der Waals surface area contributed by atoms with Gasteiger partial charge in [-0.15, -0.1) is 11.3 Å². The van der Waals surface area contributed by atoms with Crippen molar-refractivity contribution in [3.63, 3.8) is 0 Å². The summed E-state index contributed by atoms with van der Waals surface area (Å²) >= 11 is 1.60. The lowest BCUT2D eigenvalue weighted by atomic mass is 10.1. The molecule has 2 nitrogen and oxygen atoms in total. The van der Waals surface area contributed by atoms with Gasteiger partial charge >= 0.3 is 0 Å². The molecular weight excluding hydrogens is 283 g/mol. The third-order valence-corrected chi connectivity index (χ3v) is 4.40. The average Bonchev–Trinajstić information content (AvgIpc) is 2.78. The van der Waals surface area contributed by atoms with Crippen LogP contribution in [0, 0.1) is 18.7 Å². The number of aromatic nitrogens is 1. The summed E-state index contributed by atoms with van der Waals surface area (Å²) in [7, 11) is 0. The highest BCUT2D eigenvalue weighted by Crippen LogP contribution is 2.31. The minimum Gasteiger partial charge on any atom is -0.312 e. The number of thiazole rings is 1. The van der Waals surface area contributed by atoms with Crippen molar-refractivity contribution in [2.75, 3.05) is 6.54 Å². The Morgan fingerprint density at radius 3 is 2.71 bits per heavy atom. The van der Waals surface area contributed by atoms with Crippen molar-refractivity contribution >= 4 is 11.3 Å². The van der Waals surface area contributed by atoms with E-state index >= 15 is 0 Å². The topological polar surface area (TPSA) is 24.9 Å². The first kappa shape index (κ1) is 16.1. The smallest absolute Gasteiger partial charge is 0.133 e. The third kappa shape index (κ3) is 4.11. The number of nitrogens with one attached hydrogen (secondary N) is 1. The first-order valence-electron chi connectivity index (χ1n) is 7.47. The highest BCUT2D eigenvalue weighted by Gasteiger charge is 2.15. The van der Waals surface area contributed by atoms with Gasteiger partial charge in [0.25, 0.3) is 0 Å². The van der Waals surface area contributed by atoms with Crippen molar-refractivity contribution in [2.45, 2.75) is 40.7 Å². The second-order valence-electron chi connectivity index (χ2n) is 5.75. The molecule has 0 aliphatic carbocycles. The lowest BCUT2D eigenvalue weighted by molar-refractivity contribution is 0.625. The van der Waals surface area contributed by atoms with Crippen LogP contribution in [0.25, 0.3) is 10.6 Å². The van der Waals surface area contributed by atoms with E-state index in [2.05, 4.69) is 26.1 Å². The van der Waals surface area contributed by atoms with Gasteiger partial charge in [-0.2, -0.15) is 0 Å². The summed E-state index contributed by atoms with van der Waals surface area (Å²) in [4.78, 5) is 5.93. The summed E-state index contributed by atoms with van der Waals surface area (Å²) < 4.78 is 14.1. The second-order valence-corrected chi connectivity index (χ2v) is 6.83. The van der Waals surface area contributed by atoms with Crippen molar-refractivity contribution in [3.8, 4) is 10.6 Å². The molecule has 0 saturated carbocycles. The normalized spacial score (nSPS) is 11.3. The summed E-state index contributed by atoms with van der Waals surface area (Å²) in [6, 6.07) is 5.34. The number of halogens is 1. The molecule has 0 unspecified atom stereocenters. The van der Waals surface area contributed by atoms with Crippen molar-refractivity contribution in [1.29, 1.82) is 0 Å². The number of rotatable bonds is 6. The maximum absolute atomic E-state index is 14.1. The Bertz CT molecular complexity index is 605. The first-order chi connectivity index (χ1) is 10.0. The molecule has 2 rings (SSSR count). The summed E-state index contributed by atoms with van der Waals surface area (Å²) in [5.41, 5.74) is 2.65. The molecule has 0 aliphatic heterocycles. The molecule has 0 spiro atoms. The van der Waals surface area contributed by atoms with Crippen LogP contribution in [0.3, 0.4) is 0 Å². The quantitative estimate of drug-likeness (QED) is 0.846. The van der Waals surface area contributed by atoms with Crippen molar-refractivity contribution in [1.82, 2.24) is 10.3 Å². The second kappa shape index (κ2) is 7.14. The summed E-state index contributed by atoms with van der Waals surface area (Å²) in [6.45, 7) is 10.1. The van der Waals surface area contributed by atoms with E-state index in [1.807, 2.05) is 19.1 Å². The van der Waals surface area contributed by atoms with Gasteiger partial charge in [0, 0.05) is 17.0 Å². The highest BCUT2D eigenvalue weighted by atomic mass is 32.1. The number of hydrogen-bond donors (Lipinski definition) is 1. The summed E-state index contributed by atoms with van der Waals surface area (Å²) in [6.07, 6.45) is 0.935. The van der Waals surface area contributed by atoms with Gasteiger partial charge in [-0.25, -0.2) is 9.37 Å². The molecule has 0 atom stereocenters. The van der Waals surface area contributed by atoms with Crippen LogP contribution in [0.5, 0.6) is 0 Å². The van der Waals surface area contributed by atoms with Gasteiger partial charge in [0.05, 0.1) is 5.69 Å². The Morgan fingerprint density at radius 1 is 1.33 bits per heavy atom. The predicted molar refractivity (Wildman–Crippen MR) is 88.2 cm³/mol. The molecule has 0 saturated heterocycles. The van der Waals surface area contributed by atoms with E-state index in [0.717, 1.165) is 35.8 Å². The van der Waals surface area contributed by atoms with Gasteiger partial charge in [0.1, 0.15) is 10.8 Å². The molecule has 114 valence electrons. The van der Waals surface area contributed by atoms with Gasteiger partial charge in [-0.05, 0) is 43.5 Å². The van der Waals surface area contributed by atoms with Crippen LogP contribution in [-0.4, -0.2) is 11.5 Å². The molecule has 1 aromatic carbocycles. The van der Waals surface area contributed by atoms with Gasteiger partial charge in [0.2, 0.25) is 0 Å². The number of nitrogens with zero attached hydrogens (tertiary/aromatic N) is 1.